The third-order valence-corrected chi connectivity index (χ3v) is 5.33. The summed E-state index contributed by atoms with van der Waals surface area (Å²) in [6.45, 7) is 2.41. The molecule has 0 bridgehead atoms. The Morgan fingerprint density at radius 1 is 1.19 bits per heavy atom. The lowest BCUT2D eigenvalue weighted by atomic mass is 10.3. The van der Waals surface area contributed by atoms with Crippen molar-refractivity contribution in [3.63, 3.8) is 0 Å². The molecule has 4 aromatic rings. The van der Waals surface area contributed by atoms with Gasteiger partial charge in [0.2, 0.25) is 5.91 Å². The van der Waals surface area contributed by atoms with Crippen molar-refractivity contribution in [1.29, 1.82) is 0 Å². The van der Waals surface area contributed by atoms with Crippen LogP contribution in [0.4, 0.5) is 14.5 Å². The zero-order valence-electron chi connectivity index (χ0n) is 16.8. The van der Waals surface area contributed by atoms with Crippen LogP contribution in [0.15, 0.2) is 58.6 Å². The van der Waals surface area contributed by atoms with E-state index in [0.717, 1.165) is 28.5 Å². The second-order valence-corrected chi connectivity index (χ2v) is 7.50. The molecule has 0 spiro atoms. The molecule has 8 nitrogen and oxygen atoms in total. The van der Waals surface area contributed by atoms with Crippen LogP contribution >= 0.6 is 11.8 Å². The van der Waals surface area contributed by atoms with Crippen molar-refractivity contribution in [1.82, 2.24) is 19.7 Å². The lowest BCUT2D eigenvalue weighted by Gasteiger charge is -2.12. The van der Waals surface area contributed by atoms with E-state index in [1.807, 2.05) is 6.92 Å². The maximum absolute atomic E-state index is 13.8. The first-order chi connectivity index (χ1) is 15.5. The quantitative estimate of drug-likeness (QED) is 0.325. The molecule has 0 aliphatic carbocycles. The number of carbonyl (C=O) groups is 1. The molecule has 0 radical (unpaired) electrons. The fourth-order valence-electron chi connectivity index (χ4n) is 2.95. The standard InChI is InChI=1S/C21H17F2N5O3S/c1-2-31-14-6-3-12(4-7-14)25-18(29)11-32-21-26-19-15(10-24-27-19)20(30)28(21)13-5-8-16(22)17(23)9-13/h3-10H,2,11H2,1H3,(H,24,27)(H,25,29). The van der Waals surface area contributed by atoms with E-state index in [9.17, 15) is 18.4 Å². The molecule has 2 aromatic heterocycles. The van der Waals surface area contributed by atoms with Gasteiger partial charge in [-0.05, 0) is 43.3 Å². The Bertz CT molecular complexity index is 1340. The molecule has 11 heteroatoms. The van der Waals surface area contributed by atoms with Gasteiger partial charge in [-0.3, -0.25) is 19.3 Å². The Labute approximate surface area is 184 Å². The van der Waals surface area contributed by atoms with Crippen molar-refractivity contribution in [2.45, 2.75) is 12.1 Å². The maximum Gasteiger partial charge on any atom is 0.269 e. The number of H-pyrrole nitrogens is 1. The summed E-state index contributed by atoms with van der Waals surface area (Å²) in [6, 6.07) is 9.97. The van der Waals surface area contributed by atoms with Gasteiger partial charge >= 0.3 is 0 Å². The molecule has 32 heavy (non-hydrogen) atoms. The van der Waals surface area contributed by atoms with E-state index in [-0.39, 0.29) is 33.5 Å². The average molecular weight is 457 g/mol. The largest absolute Gasteiger partial charge is 0.494 e. The van der Waals surface area contributed by atoms with E-state index in [1.165, 1.54) is 12.3 Å². The summed E-state index contributed by atoms with van der Waals surface area (Å²) in [5.41, 5.74) is 0.361. The first-order valence-electron chi connectivity index (χ1n) is 9.53. The molecule has 0 atom stereocenters. The summed E-state index contributed by atoms with van der Waals surface area (Å²) in [5, 5.41) is 9.46. The minimum Gasteiger partial charge on any atom is -0.494 e. The maximum atomic E-state index is 13.8. The molecule has 0 saturated carbocycles. The van der Waals surface area contributed by atoms with Crippen LogP contribution in [0.5, 0.6) is 5.75 Å². The van der Waals surface area contributed by atoms with E-state index < -0.39 is 17.2 Å². The number of halogens is 2. The number of aromatic nitrogens is 4. The number of nitrogens with zero attached hydrogens (tertiary/aromatic N) is 3. The molecule has 1 amide bonds. The molecule has 2 heterocycles. The van der Waals surface area contributed by atoms with Crippen LogP contribution in [0.1, 0.15) is 6.92 Å². The topological polar surface area (TPSA) is 102 Å². The summed E-state index contributed by atoms with van der Waals surface area (Å²) < 4.78 is 33.7. The zero-order valence-corrected chi connectivity index (χ0v) is 17.6. The number of thioether (sulfide) groups is 1. The average Bonchev–Trinajstić information content (AvgIpc) is 3.25. The second kappa shape index (κ2) is 9.18. The lowest BCUT2D eigenvalue weighted by Crippen LogP contribution is -2.22. The molecular formula is C21H17F2N5O3S. The Balaban J connectivity index is 1.58. The summed E-state index contributed by atoms with van der Waals surface area (Å²) in [4.78, 5) is 29.7. The van der Waals surface area contributed by atoms with Gasteiger partial charge in [0.05, 0.1) is 24.2 Å². The van der Waals surface area contributed by atoms with Crippen LogP contribution in [0, 0.1) is 11.6 Å². The Morgan fingerprint density at radius 2 is 1.97 bits per heavy atom. The monoisotopic (exact) mass is 457 g/mol. The van der Waals surface area contributed by atoms with E-state index in [2.05, 4.69) is 20.5 Å². The first kappa shape index (κ1) is 21.5. The second-order valence-electron chi connectivity index (χ2n) is 6.56. The number of ether oxygens (including phenoxy) is 1. The summed E-state index contributed by atoms with van der Waals surface area (Å²) in [7, 11) is 0. The smallest absolute Gasteiger partial charge is 0.269 e. The Hall–Kier alpha value is -3.73. The van der Waals surface area contributed by atoms with Crippen LogP contribution in [0.2, 0.25) is 0 Å². The fourth-order valence-corrected chi connectivity index (χ4v) is 3.76. The highest BCUT2D eigenvalue weighted by Gasteiger charge is 2.17. The van der Waals surface area contributed by atoms with E-state index in [1.54, 1.807) is 24.3 Å². The van der Waals surface area contributed by atoms with Gasteiger partial charge < -0.3 is 10.1 Å². The molecule has 2 N–H and O–H groups in total. The molecule has 2 aromatic carbocycles. The molecule has 0 saturated heterocycles. The third-order valence-electron chi connectivity index (χ3n) is 4.39. The van der Waals surface area contributed by atoms with Crippen molar-refractivity contribution in [2.24, 2.45) is 0 Å². The van der Waals surface area contributed by atoms with Gasteiger partial charge in [0.1, 0.15) is 11.1 Å². The summed E-state index contributed by atoms with van der Waals surface area (Å²) >= 11 is 0.974. The van der Waals surface area contributed by atoms with Gasteiger partial charge in [0.25, 0.3) is 5.56 Å². The molecule has 0 unspecified atom stereocenters. The van der Waals surface area contributed by atoms with Crippen molar-refractivity contribution in [2.75, 3.05) is 17.7 Å². The van der Waals surface area contributed by atoms with Gasteiger partial charge in [-0.15, -0.1) is 0 Å². The number of hydrogen-bond donors (Lipinski definition) is 2. The summed E-state index contributed by atoms with van der Waals surface area (Å²) in [6.07, 6.45) is 1.30. The molecule has 4 rings (SSSR count). The van der Waals surface area contributed by atoms with Gasteiger partial charge in [-0.25, -0.2) is 13.8 Å². The zero-order chi connectivity index (χ0) is 22.7. The van der Waals surface area contributed by atoms with Crippen LogP contribution in [-0.2, 0) is 4.79 Å². The van der Waals surface area contributed by atoms with Crippen molar-refractivity contribution in [3.05, 3.63) is 70.6 Å². The molecule has 164 valence electrons. The van der Waals surface area contributed by atoms with Crippen molar-refractivity contribution >= 4 is 34.4 Å². The van der Waals surface area contributed by atoms with Crippen LogP contribution in [0.25, 0.3) is 16.7 Å². The van der Waals surface area contributed by atoms with Crippen LogP contribution in [0.3, 0.4) is 0 Å². The first-order valence-corrected chi connectivity index (χ1v) is 10.5. The minimum atomic E-state index is -1.11. The molecule has 0 aliphatic heterocycles. The van der Waals surface area contributed by atoms with E-state index in [4.69, 9.17) is 4.74 Å². The van der Waals surface area contributed by atoms with Crippen molar-refractivity contribution < 1.29 is 18.3 Å². The van der Waals surface area contributed by atoms with E-state index >= 15 is 0 Å². The van der Waals surface area contributed by atoms with E-state index in [0.29, 0.717) is 18.0 Å². The highest BCUT2D eigenvalue weighted by atomic mass is 32.2. The predicted octanol–water partition coefficient (Wildman–Crippen LogP) is 3.52. The third kappa shape index (κ3) is 4.47. The number of nitrogens with one attached hydrogen (secondary N) is 2. The van der Waals surface area contributed by atoms with Crippen LogP contribution < -0.4 is 15.6 Å². The SMILES string of the molecule is CCOc1ccc(NC(=O)CSc2nc3[nH]ncc3c(=O)n2-c2ccc(F)c(F)c2)cc1. The van der Waals surface area contributed by atoms with Gasteiger partial charge in [0.15, 0.2) is 22.4 Å². The number of fused-ring (bicyclic) bond motifs is 1. The number of benzene rings is 2. The molecular weight excluding hydrogens is 440 g/mol. The van der Waals surface area contributed by atoms with Gasteiger partial charge in [-0.1, -0.05) is 11.8 Å². The number of carbonyl (C=O) groups excluding carboxylic acids is 1. The number of hydrogen-bond acceptors (Lipinski definition) is 6. The highest BCUT2D eigenvalue weighted by Crippen LogP contribution is 2.22. The molecule has 0 fully saturated rings. The normalized spacial score (nSPS) is 11.0. The number of rotatable bonds is 7. The minimum absolute atomic E-state index is 0.0804. The summed E-state index contributed by atoms with van der Waals surface area (Å²) in [5.74, 6) is -1.88. The highest BCUT2D eigenvalue weighted by molar-refractivity contribution is 7.99. The van der Waals surface area contributed by atoms with Gasteiger partial charge in [0, 0.05) is 11.8 Å². The fraction of sp³-hybridized carbons (Fsp3) is 0.143. The van der Waals surface area contributed by atoms with Crippen LogP contribution in [-0.4, -0.2) is 38.0 Å². The lowest BCUT2D eigenvalue weighted by molar-refractivity contribution is -0.113. The number of aromatic amines is 1. The number of anilines is 1. The van der Waals surface area contributed by atoms with Gasteiger partial charge in [-0.2, -0.15) is 5.10 Å². The molecule has 0 aliphatic rings. The van der Waals surface area contributed by atoms with Crippen molar-refractivity contribution in [3.8, 4) is 11.4 Å². The predicted molar refractivity (Wildman–Crippen MR) is 116 cm³/mol. The number of amides is 1. The Kier molecular flexibility index (Phi) is 6.17. The Morgan fingerprint density at radius 3 is 2.69 bits per heavy atom.